The number of nitrogens with zero attached hydrogens (tertiary/aromatic N) is 3. The molecule has 1 aliphatic rings. The van der Waals surface area contributed by atoms with Crippen LogP contribution in [-0.4, -0.2) is 35.1 Å². The highest BCUT2D eigenvalue weighted by Gasteiger charge is 2.23. The number of pyridine rings is 1. The number of hydrogen-bond donors (Lipinski definition) is 1. The van der Waals surface area contributed by atoms with Gasteiger partial charge in [-0.05, 0) is 61.3 Å². The number of rotatable bonds is 4. The largest absolute Gasteiger partial charge is 0.356 e. The van der Waals surface area contributed by atoms with Crippen LogP contribution in [0.2, 0.25) is 0 Å². The predicted octanol–water partition coefficient (Wildman–Crippen LogP) is 2.83. The summed E-state index contributed by atoms with van der Waals surface area (Å²) in [4.78, 5) is 16.8. The van der Waals surface area contributed by atoms with Crippen molar-refractivity contribution in [3.05, 3.63) is 60.0 Å². The van der Waals surface area contributed by atoms with E-state index >= 15 is 0 Å². The molecule has 2 aromatic heterocycles. The molecule has 1 aromatic carbocycles. The lowest BCUT2D eigenvalue weighted by atomic mass is 10.0. The van der Waals surface area contributed by atoms with Crippen molar-refractivity contribution >= 4 is 25.2 Å². The van der Waals surface area contributed by atoms with Gasteiger partial charge in [-0.15, -0.1) is 0 Å². The summed E-state index contributed by atoms with van der Waals surface area (Å²) in [7, 11) is 5.66. The average molecular weight is 376 g/mol. The van der Waals surface area contributed by atoms with Gasteiger partial charge in [0.1, 0.15) is 19.5 Å². The fraction of sp³-hybridized carbons (Fsp3) is 0.250. The van der Waals surface area contributed by atoms with Crippen LogP contribution in [0.4, 0.5) is 10.2 Å². The maximum Gasteiger partial charge on any atom is 0.277 e. The van der Waals surface area contributed by atoms with Crippen LogP contribution in [0.5, 0.6) is 0 Å². The molecule has 1 saturated heterocycles. The highest BCUT2D eigenvalue weighted by molar-refractivity contribution is 6.30. The van der Waals surface area contributed by atoms with Gasteiger partial charge in [0.15, 0.2) is 11.9 Å². The maximum atomic E-state index is 13.3. The van der Waals surface area contributed by atoms with E-state index < -0.39 is 5.91 Å². The van der Waals surface area contributed by atoms with Crippen LogP contribution in [0, 0.1) is 5.82 Å². The molecule has 0 spiro atoms. The molecule has 1 atom stereocenters. The van der Waals surface area contributed by atoms with Crippen molar-refractivity contribution in [1.29, 1.82) is 0 Å². The molecule has 1 N–H and O–H groups in total. The van der Waals surface area contributed by atoms with E-state index in [1.165, 1.54) is 12.1 Å². The molecule has 1 amide bonds. The summed E-state index contributed by atoms with van der Waals surface area (Å²) < 4.78 is 20.9. The number of aromatic nitrogens is 3. The van der Waals surface area contributed by atoms with Crippen molar-refractivity contribution in [3.63, 3.8) is 0 Å². The fourth-order valence-corrected chi connectivity index (χ4v) is 3.18. The molecule has 3 aromatic rings. The molecule has 1 fully saturated rings. The minimum absolute atomic E-state index is 0.220. The predicted molar refractivity (Wildman–Crippen MR) is 104 cm³/mol. The number of nitrogens with one attached hydrogen (secondary N) is 1. The normalized spacial score (nSPS) is 16.7. The Labute approximate surface area is 163 Å². The number of carbonyl (C=O) groups is 1. The van der Waals surface area contributed by atoms with E-state index in [4.69, 9.17) is 12.6 Å². The second kappa shape index (κ2) is 7.94. The second-order valence-electron chi connectivity index (χ2n) is 6.59. The van der Waals surface area contributed by atoms with E-state index in [0.29, 0.717) is 23.7 Å². The molecule has 2 radical (unpaired) electrons. The van der Waals surface area contributed by atoms with Crippen LogP contribution >= 0.6 is 0 Å². The van der Waals surface area contributed by atoms with Gasteiger partial charge in [-0.25, -0.2) is 14.1 Å². The topological polar surface area (TPSA) is 69.0 Å². The van der Waals surface area contributed by atoms with Crippen LogP contribution < -0.4 is 10.9 Å². The first-order valence-corrected chi connectivity index (χ1v) is 9.11. The van der Waals surface area contributed by atoms with Crippen molar-refractivity contribution in [3.8, 4) is 11.3 Å². The molecule has 6 nitrogen and oxygen atoms in total. The average Bonchev–Trinajstić information content (AvgIpc) is 3.15. The Balaban J connectivity index is 1.67. The van der Waals surface area contributed by atoms with E-state index in [0.717, 1.165) is 24.8 Å². The third-order valence-corrected chi connectivity index (χ3v) is 4.55. The summed E-state index contributed by atoms with van der Waals surface area (Å²) in [6, 6.07) is 12.7. The molecule has 8 heteroatoms. The standard InChI is InChI=1S/C20H18BFN4O2/c21-17-4-3-5-18(23-17)24-20(27)15-12-16(13-7-9-14(22)10-8-13)26(25-15)19-6-1-2-11-28-19/h3-5,7-10,12,19H,1-2,6,11H2,(H,23,24,27). The van der Waals surface area contributed by atoms with Gasteiger partial charge in [0.25, 0.3) is 5.91 Å². The maximum absolute atomic E-state index is 13.3. The Morgan fingerprint density at radius 2 is 2.04 bits per heavy atom. The molecule has 4 rings (SSSR count). The highest BCUT2D eigenvalue weighted by atomic mass is 19.1. The monoisotopic (exact) mass is 376 g/mol. The van der Waals surface area contributed by atoms with Gasteiger partial charge in [-0.2, -0.15) is 5.10 Å². The minimum Gasteiger partial charge on any atom is -0.356 e. The van der Waals surface area contributed by atoms with Crippen molar-refractivity contribution in [2.24, 2.45) is 0 Å². The molecule has 0 saturated carbocycles. The summed E-state index contributed by atoms with van der Waals surface area (Å²) in [5.74, 6) is -0.387. The van der Waals surface area contributed by atoms with Crippen LogP contribution in [0.15, 0.2) is 48.5 Å². The number of halogens is 1. The third-order valence-electron chi connectivity index (χ3n) is 4.55. The molecule has 28 heavy (non-hydrogen) atoms. The van der Waals surface area contributed by atoms with Crippen LogP contribution in [-0.2, 0) is 4.74 Å². The summed E-state index contributed by atoms with van der Waals surface area (Å²) in [6.45, 7) is 0.641. The Kier molecular flexibility index (Phi) is 5.21. The summed E-state index contributed by atoms with van der Waals surface area (Å²) >= 11 is 0. The van der Waals surface area contributed by atoms with Gasteiger partial charge in [0.2, 0.25) is 0 Å². The molecular formula is C20H18BFN4O2. The summed E-state index contributed by atoms with van der Waals surface area (Å²) in [5, 5.41) is 7.17. The SMILES string of the molecule is [B]c1cccc(NC(=O)c2cc(-c3ccc(F)cc3)n(C3CCCCO3)n2)n1. The zero-order valence-corrected chi connectivity index (χ0v) is 15.1. The Morgan fingerprint density at radius 3 is 2.75 bits per heavy atom. The van der Waals surface area contributed by atoms with Gasteiger partial charge in [0.05, 0.1) is 5.69 Å². The van der Waals surface area contributed by atoms with Gasteiger partial charge < -0.3 is 10.1 Å². The minimum atomic E-state index is -0.406. The van der Waals surface area contributed by atoms with Gasteiger partial charge >= 0.3 is 0 Å². The molecule has 1 aliphatic heterocycles. The van der Waals surface area contributed by atoms with Crippen LogP contribution in [0.3, 0.4) is 0 Å². The second-order valence-corrected chi connectivity index (χ2v) is 6.59. The molecule has 3 heterocycles. The van der Waals surface area contributed by atoms with Crippen LogP contribution in [0.25, 0.3) is 11.3 Å². The quantitative estimate of drug-likeness (QED) is 0.711. The van der Waals surface area contributed by atoms with E-state index in [9.17, 15) is 9.18 Å². The molecule has 0 bridgehead atoms. The first-order chi connectivity index (χ1) is 13.6. The Bertz CT molecular complexity index is 984. The number of amides is 1. The summed E-state index contributed by atoms with van der Waals surface area (Å²) in [5.41, 5.74) is 1.98. The third kappa shape index (κ3) is 3.96. The van der Waals surface area contributed by atoms with Crippen molar-refractivity contribution in [2.45, 2.75) is 25.5 Å². The molecule has 140 valence electrons. The Hall–Kier alpha value is -3.00. The fourth-order valence-electron chi connectivity index (χ4n) is 3.18. The number of carbonyl (C=O) groups excluding carboxylic acids is 1. The molecule has 0 aliphatic carbocycles. The van der Waals surface area contributed by atoms with Gasteiger partial charge in [-0.1, -0.05) is 12.1 Å². The number of hydrogen-bond acceptors (Lipinski definition) is 4. The lowest BCUT2D eigenvalue weighted by molar-refractivity contribution is -0.0384. The van der Waals surface area contributed by atoms with E-state index in [1.807, 2.05) is 0 Å². The first kappa shape index (κ1) is 18.4. The van der Waals surface area contributed by atoms with Crippen LogP contribution in [0.1, 0.15) is 36.0 Å². The highest BCUT2D eigenvalue weighted by Crippen LogP contribution is 2.29. The van der Waals surface area contributed by atoms with E-state index in [-0.39, 0.29) is 17.7 Å². The van der Waals surface area contributed by atoms with E-state index in [1.54, 1.807) is 41.1 Å². The lowest BCUT2D eigenvalue weighted by Crippen LogP contribution is -2.21. The van der Waals surface area contributed by atoms with Crippen molar-refractivity contribution in [1.82, 2.24) is 14.8 Å². The molecular weight excluding hydrogens is 358 g/mol. The zero-order valence-electron chi connectivity index (χ0n) is 15.1. The smallest absolute Gasteiger partial charge is 0.277 e. The number of anilines is 1. The number of benzene rings is 1. The van der Waals surface area contributed by atoms with Crippen molar-refractivity contribution in [2.75, 3.05) is 11.9 Å². The zero-order chi connectivity index (χ0) is 19.5. The van der Waals surface area contributed by atoms with Gasteiger partial charge in [0, 0.05) is 12.2 Å². The van der Waals surface area contributed by atoms with Gasteiger partial charge in [-0.3, -0.25) is 4.79 Å². The molecule has 1 unspecified atom stereocenters. The lowest BCUT2D eigenvalue weighted by Gasteiger charge is -2.24. The van der Waals surface area contributed by atoms with E-state index in [2.05, 4.69) is 15.4 Å². The Morgan fingerprint density at radius 1 is 1.21 bits per heavy atom. The first-order valence-electron chi connectivity index (χ1n) is 9.11. The summed E-state index contributed by atoms with van der Waals surface area (Å²) in [6.07, 6.45) is 2.55. The number of ether oxygens (including phenoxy) is 1. The van der Waals surface area contributed by atoms with Crippen molar-refractivity contribution < 1.29 is 13.9 Å².